The number of urea groups is 1. The molecule has 0 aliphatic carbocycles. The quantitative estimate of drug-likeness (QED) is 0.692. The van der Waals surface area contributed by atoms with Crippen LogP contribution in [0, 0.1) is 17.8 Å². The van der Waals surface area contributed by atoms with Gasteiger partial charge in [0.05, 0.1) is 12.6 Å². The maximum atomic E-state index is 11.4. The molecule has 2 amide bonds. The largest absolute Gasteiger partial charge is 0.385 e. The molecule has 2 N–H and O–H groups in total. The Morgan fingerprint density at radius 3 is 2.67 bits per heavy atom. The van der Waals surface area contributed by atoms with Crippen LogP contribution < -0.4 is 5.73 Å². The number of hydrogen-bond acceptors (Lipinski definition) is 2. The highest BCUT2D eigenvalue weighted by Crippen LogP contribution is 2.26. The molecule has 1 aliphatic rings. The highest BCUT2D eigenvalue weighted by atomic mass is 16.2. The second-order valence-corrected chi connectivity index (χ2v) is 4.93. The molecule has 1 atom stereocenters. The van der Waals surface area contributed by atoms with Gasteiger partial charge in [0, 0.05) is 0 Å². The van der Waals surface area contributed by atoms with Crippen LogP contribution in [0.2, 0.25) is 0 Å². The topological polar surface area (TPSA) is 58.7 Å². The molecule has 15 heavy (non-hydrogen) atoms. The zero-order valence-electron chi connectivity index (χ0n) is 9.45. The lowest BCUT2D eigenvalue weighted by molar-refractivity contribution is 0.199. The summed E-state index contributed by atoms with van der Waals surface area (Å²) in [4.78, 5) is 16.7. The Morgan fingerprint density at radius 1 is 1.60 bits per heavy atom. The van der Waals surface area contributed by atoms with Crippen LogP contribution in [0.25, 0.3) is 0 Å². The van der Waals surface area contributed by atoms with Crippen LogP contribution in [0.4, 0.5) is 4.79 Å². The number of carbonyl (C=O) groups excluding carboxylic acids is 1. The molecule has 0 spiro atoms. The van der Waals surface area contributed by atoms with Crippen molar-refractivity contribution < 1.29 is 4.79 Å². The van der Waals surface area contributed by atoms with Crippen molar-refractivity contribution in [3.63, 3.8) is 0 Å². The van der Waals surface area contributed by atoms with E-state index in [4.69, 9.17) is 12.2 Å². The van der Waals surface area contributed by atoms with Crippen molar-refractivity contribution in [3.8, 4) is 12.3 Å². The molecule has 0 radical (unpaired) electrons. The van der Waals surface area contributed by atoms with Crippen molar-refractivity contribution in [2.75, 3.05) is 6.54 Å². The number of carbonyl (C=O) groups is 1. The van der Waals surface area contributed by atoms with Crippen LogP contribution in [-0.4, -0.2) is 29.4 Å². The molecule has 0 saturated heterocycles. The number of amides is 2. The molecule has 0 aromatic heterocycles. The van der Waals surface area contributed by atoms with Crippen molar-refractivity contribution in [1.82, 2.24) is 4.90 Å². The van der Waals surface area contributed by atoms with Crippen molar-refractivity contribution in [3.05, 3.63) is 0 Å². The summed E-state index contributed by atoms with van der Waals surface area (Å²) in [6.45, 7) is 6.55. The number of nitrogens with two attached hydrogens (primary N) is 1. The lowest BCUT2D eigenvalue weighted by Gasteiger charge is -2.28. The van der Waals surface area contributed by atoms with E-state index in [1.165, 1.54) is 0 Å². The lowest BCUT2D eigenvalue weighted by Crippen LogP contribution is -2.42. The third kappa shape index (κ3) is 2.72. The summed E-state index contributed by atoms with van der Waals surface area (Å²) in [5, 5.41) is 0. The zero-order valence-corrected chi connectivity index (χ0v) is 9.45. The molecule has 82 valence electrons. The smallest absolute Gasteiger partial charge is 0.346 e. The SMILES string of the molecule is C#CCN1C(=O)N=C(N)C1CC(C)(C)C. The zero-order chi connectivity index (χ0) is 11.6. The first-order valence-electron chi connectivity index (χ1n) is 4.93. The summed E-state index contributed by atoms with van der Waals surface area (Å²) < 4.78 is 0. The summed E-state index contributed by atoms with van der Waals surface area (Å²) in [6, 6.07) is -0.465. The minimum Gasteiger partial charge on any atom is -0.385 e. The van der Waals surface area contributed by atoms with Crippen LogP contribution in [0.3, 0.4) is 0 Å². The van der Waals surface area contributed by atoms with E-state index >= 15 is 0 Å². The highest BCUT2D eigenvalue weighted by molar-refractivity contribution is 6.02. The van der Waals surface area contributed by atoms with Crippen molar-refractivity contribution in [1.29, 1.82) is 0 Å². The van der Waals surface area contributed by atoms with Crippen LogP contribution in [0.1, 0.15) is 27.2 Å². The third-order valence-corrected chi connectivity index (χ3v) is 2.26. The van der Waals surface area contributed by atoms with E-state index in [1.54, 1.807) is 4.90 Å². The molecule has 1 rings (SSSR count). The molecule has 0 fully saturated rings. The van der Waals surface area contributed by atoms with Gasteiger partial charge in [-0.3, -0.25) is 0 Å². The summed E-state index contributed by atoms with van der Waals surface area (Å²) >= 11 is 0. The van der Waals surface area contributed by atoms with Gasteiger partial charge in [-0.05, 0) is 11.8 Å². The molecule has 1 unspecified atom stereocenters. The lowest BCUT2D eigenvalue weighted by atomic mass is 9.87. The molecule has 0 bridgehead atoms. The van der Waals surface area contributed by atoms with Gasteiger partial charge in [0.2, 0.25) is 0 Å². The predicted molar refractivity (Wildman–Crippen MR) is 60.4 cm³/mol. The average molecular weight is 207 g/mol. The fourth-order valence-corrected chi connectivity index (χ4v) is 1.61. The summed E-state index contributed by atoms with van der Waals surface area (Å²) in [7, 11) is 0. The fraction of sp³-hybridized carbons (Fsp3) is 0.636. The fourth-order valence-electron chi connectivity index (χ4n) is 1.61. The van der Waals surface area contributed by atoms with Crippen LogP contribution in [0.15, 0.2) is 4.99 Å². The molecule has 4 nitrogen and oxygen atoms in total. The standard InChI is InChI=1S/C11H17N3O/c1-5-6-14-8(7-11(2,3)4)9(12)13-10(14)15/h1,8H,6-7H2,2-4H3,(H2,12,13,15). The maximum absolute atomic E-state index is 11.4. The third-order valence-electron chi connectivity index (χ3n) is 2.26. The van der Waals surface area contributed by atoms with Gasteiger partial charge in [0.1, 0.15) is 5.84 Å². The Kier molecular flexibility index (Phi) is 3.04. The summed E-state index contributed by atoms with van der Waals surface area (Å²) in [5.41, 5.74) is 5.80. The van der Waals surface area contributed by atoms with Crippen LogP contribution in [-0.2, 0) is 0 Å². The normalized spacial score (nSPS) is 21.5. The predicted octanol–water partition coefficient (Wildman–Crippen LogP) is 1.22. The first-order chi connectivity index (χ1) is 6.85. The minimum atomic E-state index is -0.320. The van der Waals surface area contributed by atoms with Crippen molar-refractivity contribution >= 4 is 11.9 Å². The Balaban J connectivity index is 2.81. The van der Waals surface area contributed by atoms with E-state index in [9.17, 15) is 4.79 Å². The van der Waals surface area contributed by atoms with Gasteiger partial charge in [-0.1, -0.05) is 26.7 Å². The van der Waals surface area contributed by atoms with Gasteiger partial charge in [0.25, 0.3) is 0 Å². The number of aliphatic imine (C=N–C) groups is 1. The van der Waals surface area contributed by atoms with Gasteiger partial charge in [-0.15, -0.1) is 6.42 Å². The van der Waals surface area contributed by atoms with Crippen LogP contribution in [0.5, 0.6) is 0 Å². The van der Waals surface area contributed by atoms with E-state index in [2.05, 4.69) is 31.7 Å². The van der Waals surface area contributed by atoms with Crippen molar-refractivity contribution in [2.24, 2.45) is 16.1 Å². The summed E-state index contributed by atoms with van der Waals surface area (Å²) in [5.74, 6) is 2.83. The van der Waals surface area contributed by atoms with Gasteiger partial charge >= 0.3 is 6.03 Å². The molecule has 0 aromatic carbocycles. The number of terminal acetylenes is 1. The monoisotopic (exact) mass is 207 g/mol. The van der Waals surface area contributed by atoms with E-state index in [0.717, 1.165) is 6.42 Å². The average Bonchev–Trinajstić information content (AvgIpc) is 2.30. The minimum absolute atomic E-state index is 0.0856. The summed E-state index contributed by atoms with van der Waals surface area (Å²) in [6.07, 6.45) is 5.98. The molecular weight excluding hydrogens is 190 g/mol. The van der Waals surface area contributed by atoms with Gasteiger partial charge in [0.15, 0.2) is 0 Å². The van der Waals surface area contributed by atoms with E-state index in [0.29, 0.717) is 5.84 Å². The molecule has 1 aliphatic heterocycles. The second kappa shape index (κ2) is 3.93. The van der Waals surface area contributed by atoms with E-state index < -0.39 is 0 Å². The number of nitrogens with zero attached hydrogens (tertiary/aromatic N) is 2. The second-order valence-electron chi connectivity index (χ2n) is 4.93. The van der Waals surface area contributed by atoms with Gasteiger partial charge in [-0.2, -0.15) is 4.99 Å². The van der Waals surface area contributed by atoms with E-state index in [-0.39, 0.29) is 24.0 Å². The Labute approximate surface area is 90.5 Å². The van der Waals surface area contributed by atoms with Crippen LogP contribution >= 0.6 is 0 Å². The first kappa shape index (κ1) is 11.6. The Morgan fingerprint density at radius 2 is 2.20 bits per heavy atom. The molecular formula is C11H17N3O. The number of rotatable bonds is 2. The van der Waals surface area contributed by atoms with Gasteiger partial charge < -0.3 is 10.6 Å². The number of amidine groups is 1. The Hall–Kier alpha value is -1.50. The molecule has 0 saturated carbocycles. The Bertz CT molecular complexity index is 333. The first-order valence-corrected chi connectivity index (χ1v) is 4.93. The van der Waals surface area contributed by atoms with Gasteiger partial charge in [-0.25, -0.2) is 4.79 Å². The van der Waals surface area contributed by atoms with E-state index in [1.807, 2.05) is 0 Å². The molecule has 1 heterocycles. The maximum Gasteiger partial charge on any atom is 0.346 e. The van der Waals surface area contributed by atoms with Crippen molar-refractivity contribution in [2.45, 2.75) is 33.2 Å². The molecule has 4 heteroatoms. The molecule has 0 aromatic rings. The number of hydrogen-bond donors (Lipinski definition) is 1. The highest BCUT2D eigenvalue weighted by Gasteiger charge is 2.35.